The molecule has 1 N–H and O–H groups in total. The number of ether oxygens (including phenoxy) is 1. The fourth-order valence-electron chi connectivity index (χ4n) is 2.65. The topological polar surface area (TPSA) is 70.1 Å². The van der Waals surface area contributed by atoms with Crippen molar-refractivity contribution >= 4 is 12.0 Å². The molecule has 6 nitrogen and oxygen atoms in total. The van der Waals surface area contributed by atoms with E-state index in [-0.39, 0.29) is 12.0 Å². The summed E-state index contributed by atoms with van der Waals surface area (Å²) < 4.78 is 5.36. The van der Waals surface area contributed by atoms with Crippen LogP contribution in [0.1, 0.15) is 46.5 Å². The molecule has 120 valence electrons. The van der Waals surface area contributed by atoms with Gasteiger partial charge in [0.15, 0.2) is 0 Å². The van der Waals surface area contributed by atoms with Crippen LogP contribution in [0, 0.1) is 0 Å². The van der Waals surface area contributed by atoms with Crippen LogP contribution in [0.3, 0.4) is 0 Å². The number of carbonyl (C=O) groups excluding carboxylic acids is 2. The van der Waals surface area contributed by atoms with Crippen molar-refractivity contribution in [3.05, 3.63) is 0 Å². The summed E-state index contributed by atoms with van der Waals surface area (Å²) in [7, 11) is 0. The normalized spacial score (nSPS) is 22.3. The first kappa shape index (κ1) is 16.1. The van der Waals surface area contributed by atoms with Gasteiger partial charge >= 0.3 is 6.09 Å². The second-order valence-electron chi connectivity index (χ2n) is 7.00. The zero-order valence-electron chi connectivity index (χ0n) is 13.2. The Morgan fingerprint density at radius 3 is 2.10 bits per heavy atom. The predicted molar refractivity (Wildman–Crippen MR) is 77.8 cm³/mol. The van der Waals surface area contributed by atoms with E-state index in [2.05, 4.69) is 0 Å². The highest BCUT2D eigenvalue weighted by atomic mass is 16.6. The molecule has 2 rings (SSSR count). The molecule has 1 saturated heterocycles. The number of nitrogens with zero attached hydrogens (tertiary/aromatic N) is 2. The van der Waals surface area contributed by atoms with Gasteiger partial charge < -0.3 is 19.6 Å². The maximum Gasteiger partial charge on any atom is 0.410 e. The largest absolute Gasteiger partial charge is 0.444 e. The number of hydrogen-bond acceptors (Lipinski definition) is 4. The Labute approximate surface area is 126 Å². The molecule has 0 spiro atoms. The van der Waals surface area contributed by atoms with Crippen LogP contribution in [0.25, 0.3) is 0 Å². The molecule has 21 heavy (non-hydrogen) atoms. The van der Waals surface area contributed by atoms with Gasteiger partial charge in [0.05, 0.1) is 0 Å². The molecular formula is C15H26N2O4. The summed E-state index contributed by atoms with van der Waals surface area (Å²) in [6, 6.07) is 0. The van der Waals surface area contributed by atoms with E-state index < -0.39 is 11.2 Å². The molecule has 0 radical (unpaired) electrons. The smallest absolute Gasteiger partial charge is 0.410 e. The average Bonchev–Trinajstić information content (AvgIpc) is 2.58. The van der Waals surface area contributed by atoms with Gasteiger partial charge in [-0.1, -0.05) is 0 Å². The van der Waals surface area contributed by atoms with Crippen molar-refractivity contribution in [1.82, 2.24) is 9.80 Å². The van der Waals surface area contributed by atoms with Crippen molar-refractivity contribution in [2.45, 2.75) is 57.7 Å². The van der Waals surface area contributed by atoms with Crippen LogP contribution in [0.4, 0.5) is 4.79 Å². The number of rotatable bonds is 1. The Morgan fingerprint density at radius 1 is 1.00 bits per heavy atom. The van der Waals surface area contributed by atoms with Gasteiger partial charge in [-0.05, 0) is 46.5 Å². The number of amides is 2. The number of aliphatic hydroxyl groups is 1. The van der Waals surface area contributed by atoms with Gasteiger partial charge in [-0.25, -0.2) is 4.79 Å². The number of carbonyl (C=O) groups is 2. The van der Waals surface area contributed by atoms with Crippen molar-refractivity contribution in [3.63, 3.8) is 0 Å². The standard InChI is InChI=1S/C15H26N2O4/c1-14(2,3)21-13(19)17-9-5-8-16(10-11-17)12(18)15(20)6-4-7-15/h20H,4-11H2,1-3H3. The lowest BCUT2D eigenvalue weighted by molar-refractivity contribution is -0.160. The summed E-state index contributed by atoms with van der Waals surface area (Å²) in [5, 5.41) is 10.2. The van der Waals surface area contributed by atoms with E-state index in [1.54, 1.807) is 9.80 Å². The molecule has 0 bridgehead atoms. The van der Waals surface area contributed by atoms with Crippen LogP contribution >= 0.6 is 0 Å². The van der Waals surface area contributed by atoms with Gasteiger partial charge in [0.2, 0.25) is 0 Å². The van der Waals surface area contributed by atoms with Crippen molar-refractivity contribution in [1.29, 1.82) is 0 Å². The molecule has 1 aliphatic heterocycles. The molecule has 1 aliphatic carbocycles. The zero-order chi connectivity index (χ0) is 15.7. The summed E-state index contributed by atoms with van der Waals surface area (Å²) >= 11 is 0. The molecule has 0 aromatic heterocycles. The van der Waals surface area contributed by atoms with Gasteiger partial charge in [-0.15, -0.1) is 0 Å². The number of hydrogen-bond donors (Lipinski definition) is 1. The zero-order valence-corrected chi connectivity index (χ0v) is 13.2. The predicted octanol–water partition coefficient (Wildman–Crippen LogP) is 1.37. The fraction of sp³-hybridized carbons (Fsp3) is 0.867. The highest BCUT2D eigenvalue weighted by molar-refractivity contribution is 5.86. The lowest BCUT2D eigenvalue weighted by atomic mass is 9.79. The Balaban J connectivity index is 1.90. The Bertz CT molecular complexity index is 412. The first-order chi connectivity index (χ1) is 9.71. The molecule has 0 atom stereocenters. The highest BCUT2D eigenvalue weighted by Crippen LogP contribution is 2.33. The molecule has 0 aromatic rings. The highest BCUT2D eigenvalue weighted by Gasteiger charge is 2.44. The van der Waals surface area contributed by atoms with Crippen LogP contribution in [0.5, 0.6) is 0 Å². The monoisotopic (exact) mass is 298 g/mol. The van der Waals surface area contributed by atoms with Crippen molar-refractivity contribution < 1.29 is 19.4 Å². The minimum Gasteiger partial charge on any atom is -0.444 e. The third kappa shape index (κ3) is 3.87. The molecule has 0 unspecified atom stereocenters. The molecule has 1 heterocycles. The molecule has 2 aliphatic rings. The van der Waals surface area contributed by atoms with E-state index in [1.165, 1.54) is 0 Å². The minimum atomic E-state index is -1.15. The van der Waals surface area contributed by atoms with E-state index in [9.17, 15) is 14.7 Å². The van der Waals surface area contributed by atoms with Crippen LogP contribution in [-0.4, -0.2) is 64.3 Å². The minimum absolute atomic E-state index is 0.181. The quantitative estimate of drug-likeness (QED) is 0.794. The second-order valence-corrected chi connectivity index (χ2v) is 7.00. The van der Waals surface area contributed by atoms with Gasteiger partial charge in [0, 0.05) is 26.2 Å². The Kier molecular flexibility index (Phi) is 4.46. The van der Waals surface area contributed by atoms with E-state index in [4.69, 9.17) is 4.74 Å². The third-order valence-corrected chi connectivity index (χ3v) is 4.01. The van der Waals surface area contributed by atoms with E-state index >= 15 is 0 Å². The Hall–Kier alpha value is -1.30. The molecule has 0 aromatic carbocycles. The summed E-state index contributed by atoms with van der Waals surface area (Å²) in [5.41, 5.74) is -1.67. The van der Waals surface area contributed by atoms with Gasteiger partial charge in [0.25, 0.3) is 5.91 Å². The second kappa shape index (κ2) is 5.83. The average molecular weight is 298 g/mol. The van der Waals surface area contributed by atoms with E-state index in [0.29, 0.717) is 45.4 Å². The Morgan fingerprint density at radius 2 is 1.57 bits per heavy atom. The fourth-order valence-corrected chi connectivity index (χ4v) is 2.65. The van der Waals surface area contributed by atoms with Gasteiger partial charge in [0.1, 0.15) is 11.2 Å². The van der Waals surface area contributed by atoms with Gasteiger partial charge in [-0.3, -0.25) is 4.79 Å². The first-order valence-corrected chi connectivity index (χ1v) is 7.71. The summed E-state index contributed by atoms with van der Waals surface area (Å²) in [4.78, 5) is 27.7. The molecular weight excluding hydrogens is 272 g/mol. The van der Waals surface area contributed by atoms with Crippen LogP contribution in [0.2, 0.25) is 0 Å². The van der Waals surface area contributed by atoms with Crippen LogP contribution in [-0.2, 0) is 9.53 Å². The van der Waals surface area contributed by atoms with Gasteiger partial charge in [-0.2, -0.15) is 0 Å². The van der Waals surface area contributed by atoms with E-state index in [0.717, 1.165) is 6.42 Å². The van der Waals surface area contributed by atoms with Crippen molar-refractivity contribution in [2.75, 3.05) is 26.2 Å². The lowest BCUT2D eigenvalue weighted by Gasteiger charge is -2.38. The third-order valence-electron chi connectivity index (χ3n) is 4.01. The maximum absolute atomic E-state index is 12.3. The summed E-state index contributed by atoms with van der Waals surface area (Å²) in [6.07, 6.45) is 2.39. The molecule has 2 fully saturated rings. The first-order valence-electron chi connectivity index (χ1n) is 7.71. The van der Waals surface area contributed by atoms with E-state index in [1.807, 2.05) is 20.8 Å². The van der Waals surface area contributed by atoms with Crippen molar-refractivity contribution in [3.8, 4) is 0 Å². The van der Waals surface area contributed by atoms with Crippen LogP contribution in [0.15, 0.2) is 0 Å². The molecule has 2 amide bonds. The maximum atomic E-state index is 12.3. The molecule has 1 saturated carbocycles. The lowest BCUT2D eigenvalue weighted by Crippen LogP contribution is -2.54. The summed E-state index contributed by atoms with van der Waals surface area (Å²) in [5.74, 6) is -0.181. The van der Waals surface area contributed by atoms with Crippen LogP contribution < -0.4 is 0 Å². The molecule has 6 heteroatoms. The summed E-state index contributed by atoms with van der Waals surface area (Å²) in [6.45, 7) is 7.59. The van der Waals surface area contributed by atoms with Crippen molar-refractivity contribution in [2.24, 2.45) is 0 Å². The SMILES string of the molecule is CC(C)(C)OC(=O)N1CCCN(C(=O)C2(O)CCC2)CC1.